The molecule has 1 heterocycles. The SMILES string of the molecule is O=C1CCCCCCCCCCCSCC1. The average molecular weight is 242 g/mol. The van der Waals surface area contributed by atoms with Crippen LogP contribution in [0.4, 0.5) is 0 Å². The summed E-state index contributed by atoms with van der Waals surface area (Å²) in [6.07, 6.45) is 13.7. The molecule has 0 spiro atoms. The highest BCUT2D eigenvalue weighted by Crippen LogP contribution is 2.14. The van der Waals surface area contributed by atoms with Crippen molar-refractivity contribution in [3.63, 3.8) is 0 Å². The molecular formula is C14H26OS. The zero-order valence-corrected chi connectivity index (χ0v) is 11.3. The first kappa shape index (κ1) is 14.1. The summed E-state index contributed by atoms with van der Waals surface area (Å²) >= 11 is 1.97. The fourth-order valence-corrected chi connectivity index (χ4v) is 3.16. The van der Waals surface area contributed by atoms with Gasteiger partial charge in [-0.25, -0.2) is 0 Å². The zero-order chi connectivity index (χ0) is 11.5. The summed E-state index contributed by atoms with van der Waals surface area (Å²) in [5, 5.41) is 0. The Balaban J connectivity index is 2.13. The van der Waals surface area contributed by atoms with Gasteiger partial charge in [-0.1, -0.05) is 44.9 Å². The molecule has 0 radical (unpaired) electrons. The first-order valence-electron chi connectivity index (χ1n) is 6.99. The van der Waals surface area contributed by atoms with E-state index in [0.29, 0.717) is 5.78 Å². The molecule has 0 bridgehead atoms. The topological polar surface area (TPSA) is 17.1 Å². The molecule has 1 fully saturated rings. The van der Waals surface area contributed by atoms with Gasteiger partial charge >= 0.3 is 0 Å². The van der Waals surface area contributed by atoms with Crippen LogP contribution in [0.2, 0.25) is 0 Å². The van der Waals surface area contributed by atoms with E-state index in [0.717, 1.165) is 25.0 Å². The van der Waals surface area contributed by atoms with Crippen LogP contribution in [0.15, 0.2) is 0 Å². The third kappa shape index (κ3) is 8.20. The van der Waals surface area contributed by atoms with Crippen LogP contribution < -0.4 is 0 Å². The van der Waals surface area contributed by atoms with Crippen molar-refractivity contribution in [1.29, 1.82) is 0 Å². The van der Waals surface area contributed by atoms with Crippen molar-refractivity contribution in [1.82, 2.24) is 0 Å². The lowest BCUT2D eigenvalue weighted by molar-refractivity contribution is -0.118. The third-order valence-corrected chi connectivity index (χ3v) is 4.34. The van der Waals surface area contributed by atoms with E-state index in [2.05, 4.69) is 0 Å². The summed E-state index contributed by atoms with van der Waals surface area (Å²) in [6, 6.07) is 0. The summed E-state index contributed by atoms with van der Waals surface area (Å²) in [5.41, 5.74) is 0. The van der Waals surface area contributed by atoms with Crippen LogP contribution in [0.3, 0.4) is 0 Å². The summed E-state index contributed by atoms with van der Waals surface area (Å²) in [5.74, 6) is 2.80. The quantitative estimate of drug-likeness (QED) is 0.618. The van der Waals surface area contributed by atoms with Crippen molar-refractivity contribution >= 4 is 17.5 Å². The van der Waals surface area contributed by atoms with Crippen molar-refractivity contribution < 1.29 is 4.79 Å². The van der Waals surface area contributed by atoms with E-state index in [9.17, 15) is 4.79 Å². The molecule has 0 atom stereocenters. The smallest absolute Gasteiger partial charge is 0.133 e. The number of ketones is 1. The summed E-state index contributed by atoms with van der Waals surface area (Å²) in [6.45, 7) is 0. The van der Waals surface area contributed by atoms with Gasteiger partial charge in [0, 0.05) is 18.6 Å². The van der Waals surface area contributed by atoms with Crippen LogP contribution in [-0.2, 0) is 4.79 Å². The van der Waals surface area contributed by atoms with Crippen LogP contribution in [0, 0.1) is 0 Å². The molecule has 1 aliphatic rings. The third-order valence-electron chi connectivity index (χ3n) is 3.27. The fourth-order valence-electron chi connectivity index (χ4n) is 2.18. The second-order valence-corrected chi connectivity index (χ2v) is 6.06. The van der Waals surface area contributed by atoms with Gasteiger partial charge in [0.25, 0.3) is 0 Å². The molecule has 1 saturated heterocycles. The predicted octanol–water partition coefficient (Wildman–Crippen LogP) is 4.59. The largest absolute Gasteiger partial charge is 0.300 e. The van der Waals surface area contributed by atoms with E-state index in [-0.39, 0.29) is 0 Å². The molecular weight excluding hydrogens is 216 g/mol. The van der Waals surface area contributed by atoms with Crippen LogP contribution in [0.1, 0.15) is 70.6 Å². The molecule has 0 amide bonds. The molecule has 0 aromatic carbocycles. The lowest BCUT2D eigenvalue weighted by Gasteiger charge is -2.01. The lowest BCUT2D eigenvalue weighted by Crippen LogP contribution is -1.99. The number of rotatable bonds is 0. The maximum absolute atomic E-state index is 11.5. The highest BCUT2D eigenvalue weighted by molar-refractivity contribution is 7.99. The monoisotopic (exact) mass is 242 g/mol. The zero-order valence-electron chi connectivity index (χ0n) is 10.5. The maximum atomic E-state index is 11.5. The minimum Gasteiger partial charge on any atom is -0.300 e. The van der Waals surface area contributed by atoms with Gasteiger partial charge in [0.15, 0.2) is 0 Å². The number of Topliss-reactive ketones (excluding diaryl/α,β-unsaturated/α-hetero) is 1. The van der Waals surface area contributed by atoms with Crippen LogP contribution >= 0.6 is 11.8 Å². The minimum atomic E-state index is 0.488. The van der Waals surface area contributed by atoms with Gasteiger partial charge in [0.1, 0.15) is 5.78 Å². The molecule has 0 saturated carbocycles. The van der Waals surface area contributed by atoms with Crippen molar-refractivity contribution in [2.24, 2.45) is 0 Å². The lowest BCUT2D eigenvalue weighted by atomic mass is 10.1. The standard InChI is InChI=1S/C14H26OS/c15-14-10-8-6-4-2-1-3-5-7-9-12-16-13-11-14/h1-13H2. The Kier molecular flexibility index (Phi) is 8.97. The first-order chi connectivity index (χ1) is 7.89. The summed E-state index contributed by atoms with van der Waals surface area (Å²) in [4.78, 5) is 11.5. The van der Waals surface area contributed by atoms with Crippen molar-refractivity contribution in [2.75, 3.05) is 11.5 Å². The highest BCUT2D eigenvalue weighted by atomic mass is 32.2. The van der Waals surface area contributed by atoms with E-state index in [1.807, 2.05) is 11.8 Å². The van der Waals surface area contributed by atoms with E-state index in [4.69, 9.17) is 0 Å². The Hall–Kier alpha value is 0.0200. The molecule has 16 heavy (non-hydrogen) atoms. The molecule has 0 unspecified atom stereocenters. The summed E-state index contributed by atoms with van der Waals surface area (Å²) < 4.78 is 0. The fraction of sp³-hybridized carbons (Fsp3) is 0.929. The van der Waals surface area contributed by atoms with E-state index >= 15 is 0 Å². The number of carbonyl (C=O) groups excluding carboxylic acids is 1. The van der Waals surface area contributed by atoms with E-state index < -0.39 is 0 Å². The molecule has 2 heteroatoms. The minimum absolute atomic E-state index is 0.488. The van der Waals surface area contributed by atoms with Crippen molar-refractivity contribution in [3.05, 3.63) is 0 Å². The van der Waals surface area contributed by atoms with Gasteiger partial charge in [-0.2, -0.15) is 11.8 Å². The molecule has 1 rings (SSSR count). The highest BCUT2D eigenvalue weighted by Gasteiger charge is 2.02. The molecule has 0 N–H and O–H groups in total. The normalized spacial score (nSPS) is 23.4. The Morgan fingerprint density at radius 2 is 1.19 bits per heavy atom. The number of hydrogen-bond acceptors (Lipinski definition) is 2. The van der Waals surface area contributed by atoms with E-state index in [1.54, 1.807) is 0 Å². The van der Waals surface area contributed by atoms with Crippen LogP contribution in [0.5, 0.6) is 0 Å². The van der Waals surface area contributed by atoms with Gasteiger partial charge in [-0.15, -0.1) is 0 Å². The summed E-state index contributed by atoms with van der Waals surface area (Å²) in [7, 11) is 0. The van der Waals surface area contributed by atoms with E-state index in [1.165, 1.54) is 57.1 Å². The van der Waals surface area contributed by atoms with Gasteiger partial charge in [0.05, 0.1) is 0 Å². The molecule has 0 aromatic rings. The number of thioether (sulfide) groups is 1. The molecule has 0 aromatic heterocycles. The Labute approximate surface area is 105 Å². The Bertz CT molecular complexity index is 162. The van der Waals surface area contributed by atoms with Gasteiger partial charge in [0.2, 0.25) is 0 Å². The van der Waals surface area contributed by atoms with Gasteiger partial charge < -0.3 is 0 Å². The molecule has 1 aliphatic heterocycles. The first-order valence-corrected chi connectivity index (χ1v) is 8.14. The number of carbonyl (C=O) groups is 1. The van der Waals surface area contributed by atoms with Crippen LogP contribution in [-0.4, -0.2) is 17.3 Å². The molecule has 0 aliphatic carbocycles. The van der Waals surface area contributed by atoms with Gasteiger partial charge in [-0.3, -0.25) is 4.79 Å². The molecule has 94 valence electrons. The maximum Gasteiger partial charge on any atom is 0.133 e. The Morgan fingerprint density at radius 1 is 0.625 bits per heavy atom. The van der Waals surface area contributed by atoms with Crippen molar-refractivity contribution in [3.8, 4) is 0 Å². The van der Waals surface area contributed by atoms with Crippen molar-refractivity contribution in [2.45, 2.75) is 70.6 Å². The Morgan fingerprint density at radius 3 is 1.88 bits per heavy atom. The second-order valence-electron chi connectivity index (χ2n) is 4.83. The number of hydrogen-bond donors (Lipinski definition) is 0. The second kappa shape index (κ2) is 10.2. The average Bonchev–Trinajstić information content (AvgIpc) is 2.29. The van der Waals surface area contributed by atoms with Crippen LogP contribution in [0.25, 0.3) is 0 Å². The predicted molar refractivity (Wildman–Crippen MR) is 73.1 cm³/mol. The molecule has 1 nitrogen and oxygen atoms in total. The van der Waals surface area contributed by atoms with Gasteiger partial charge in [-0.05, 0) is 18.6 Å².